The lowest BCUT2D eigenvalue weighted by Gasteiger charge is -2.73. The highest BCUT2D eigenvalue weighted by Gasteiger charge is 2.71. The number of likely N-dealkylation sites (tertiary alicyclic amines) is 1. The second-order valence-electron chi connectivity index (χ2n) is 21.8. The van der Waals surface area contributed by atoms with E-state index < -0.39 is 21.1 Å². The number of ether oxygens (including phenoxy) is 1. The van der Waals surface area contributed by atoms with Crippen LogP contribution in [0.5, 0.6) is 0 Å². The normalized spacial score (nSPS) is 41.7. The van der Waals surface area contributed by atoms with Crippen LogP contribution in [0.15, 0.2) is 12.2 Å². The van der Waals surface area contributed by atoms with Gasteiger partial charge in [0.1, 0.15) is 6.10 Å². The Morgan fingerprint density at radius 1 is 0.870 bits per heavy atom. The van der Waals surface area contributed by atoms with E-state index in [4.69, 9.17) is 4.74 Å². The van der Waals surface area contributed by atoms with Crippen molar-refractivity contribution >= 4 is 33.4 Å². The van der Waals surface area contributed by atoms with Crippen LogP contribution >= 0.6 is 0 Å². The Hall–Kier alpha value is -1.87. The van der Waals surface area contributed by atoms with Crippen LogP contribution in [-0.4, -0.2) is 69.4 Å². The first kappa shape index (κ1) is 41.8. The van der Waals surface area contributed by atoms with Gasteiger partial charge < -0.3 is 14.7 Å². The van der Waals surface area contributed by atoms with Crippen molar-refractivity contribution in [2.24, 2.45) is 62.1 Å². The van der Waals surface area contributed by atoms with Crippen LogP contribution in [0.2, 0.25) is 0 Å². The molecule has 0 bridgehead atoms. The molecule has 8 nitrogen and oxygen atoms in total. The third-order valence-electron chi connectivity index (χ3n) is 17.5. The molecular formula is C45H74N2O6S. The molecule has 1 aliphatic heterocycles. The number of piperidine rings is 1. The number of rotatable bonds is 10. The predicted octanol–water partition coefficient (Wildman–Crippen LogP) is 8.68. The van der Waals surface area contributed by atoms with E-state index in [0.717, 1.165) is 64.5 Å². The van der Waals surface area contributed by atoms with Crippen LogP contribution in [0, 0.1) is 62.1 Å². The summed E-state index contributed by atoms with van der Waals surface area (Å²) >= 11 is 0. The van der Waals surface area contributed by atoms with Crippen LogP contribution in [0.1, 0.15) is 152 Å². The van der Waals surface area contributed by atoms with E-state index in [1.807, 2.05) is 13.8 Å². The first-order valence-electron chi connectivity index (χ1n) is 21.3. The molecule has 5 saturated carbocycles. The second-order valence-corrected chi connectivity index (χ2v) is 24.0. The maximum absolute atomic E-state index is 14.2. The van der Waals surface area contributed by atoms with Gasteiger partial charge in [-0.05, 0) is 147 Å². The Balaban J connectivity index is 1.20. The number of fused-ring (bicyclic) bond motifs is 7. The van der Waals surface area contributed by atoms with Gasteiger partial charge in [0.2, 0.25) is 5.91 Å². The molecular weight excluding hydrogens is 697 g/mol. The first-order chi connectivity index (χ1) is 24.9. The number of carbonyl (C=O) groups excluding carboxylic acids is 2. The SMILES string of the molecule is C=C(C)[C@@H]1CC[C@]2(CC(=O)N3CCC(NS(=C)(C)=O)CC3)CC[C@]3(C)[C@H](CC[C@@H]4[C@@]5(C)CC[C@H](OC(=O)CC(C)(C)CC(=O)O)C(C)(C)[C@@H]5CC[C@]43C)[C@@H]12. The van der Waals surface area contributed by atoms with Gasteiger partial charge in [-0.1, -0.05) is 60.6 Å². The largest absolute Gasteiger partial charge is 0.481 e. The number of carboxylic acids is 1. The van der Waals surface area contributed by atoms with E-state index in [2.05, 4.69) is 63.6 Å². The van der Waals surface area contributed by atoms with Crippen LogP contribution in [0.25, 0.3) is 0 Å². The minimum Gasteiger partial charge on any atom is -0.481 e. The lowest BCUT2D eigenvalue weighted by Crippen LogP contribution is -2.67. The van der Waals surface area contributed by atoms with Gasteiger partial charge >= 0.3 is 11.9 Å². The summed E-state index contributed by atoms with van der Waals surface area (Å²) in [4.78, 5) is 41.0. The van der Waals surface area contributed by atoms with Crippen LogP contribution in [0.4, 0.5) is 0 Å². The lowest BCUT2D eigenvalue weighted by molar-refractivity contribution is -0.250. The average Bonchev–Trinajstić information content (AvgIpc) is 3.41. The quantitative estimate of drug-likeness (QED) is 0.131. The van der Waals surface area contributed by atoms with Crippen molar-refractivity contribution in [1.29, 1.82) is 0 Å². The van der Waals surface area contributed by atoms with Crippen molar-refractivity contribution in [2.45, 2.75) is 164 Å². The molecule has 6 aliphatic rings. The Morgan fingerprint density at radius 2 is 1.54 bits per heavy atom. The second kappa shape index (κ2) is 14.2. The summed E-state index contributed by atoms with van der Waals surface area (Å²) in [6.45, 7) is 24.4. The summed E-state index contributed by atoms with van der Waals surface area (Å²) in [6.07, 6.45) is 15.0. The first-order valence-corrected chi connectivity index (χ1v) is 23.5. The number of amides is 1. The van der Waals surface area contributed by atoms with Crippen LogP contribution in [-0.2, 0) is 28.8 Å². The molecule has 0 aromatic carbocycles. The number of hydrogen-bond donors (Lipinski definition) is 2. The topological polar surface area (TPSA) is 113 Å². The maximum atomic E-state index is 14.2. The fourth-order valence-electron chi connectivity index (χ4n) is 14.9. The highest BCUT2D eigenvalue weighted by molar-refractivity contribution is 7.97. The van der Waals surface area contributed by atoms with Crippen molar-refractivity contribution in [3.05, 3.63) is 12.2 Å². The molecule has 54 heavy (non-hydrogen) atoms. The molecule has 306 valence electrons. The van der Waals surface area contributed by atoms with Gasteiger partial charge in [-0.15, -0.1) is 0 Å². The maximum Gasteiger partial charge on any atom is 0.306 e. The van der Waals surface area contributed by atoms with Gasteiger partial charge in [0.15, 0.2) is 0 Å². The van der Waals surface area contributed by atoms with E-state index in [0.29, 0.717) is 41.9 Å². The molecule has 1 saturated heterocycles. The molecule has 2 N–H and O–H groups in total. The molecule has 1 heterocycles. The van der Waals surface area contributed by atoms with Gasteiger partial charge in [0.05, 0.1) is 12.8 Å². The summed E-state index contributed by atoms with van der Waals surface area (Å²) in [6, 6.07) is 0.149. The minimum atomic E-state index is -2.27. The zero-order chi connectivity index (χ0) is 39.9. The molecule has 1 unspecified atom stereocenters. The number of aliphatic carboxylic acids is 1. The monoisotopic (exact) mass is 771 g/mol. The van der Waals surface area contributed by atoms with E-state index in [1.165, 1.54) is 31.3 Å². The van der Waals surface area contributed by atoms with E-state index in [9.17, 15) is 23.7 Å². The highest BCUT2D eigenvalue weighted by Crippen LogP contribution is 2.78. The molecule has 0 radical (unpaired) electrons. The van der Waals surface area contributed by atoms with Crippen molar-refractivity contribution < 1.29 is 28.4 Å². The van der Waals surface area contributed by atoms with Crippen LogP contribution in [0.3, 0.4) is 0 Å². The minimum absolute atomic E-state index is 0.0261. The number of nitrogens with one attached hydrogen (secondary N) is 1. The smallest absolute Gasteiger partial charge is 0.306 e. The van der Waals surface area contributed by atoms with E-state index >= 15 is 0 Å². The van der Waals surface area contributed by atoms with Crippen molar-refractivity contribution in [2.75, 3.05) is 19.3 Å². The molecule has 6 fully saturated rings. The summed E-state index contributed by atoms with van der Waals surface area (Å²) in [7, 11) is -2.27. The Bertz CT molecular complexity index is 1610. The number of carbonyl (C=O) groups is 3. The number of allylic oxidation sites excluding steroid dienone is 1. The predicted molar refractivity (Wildman–Crippen MR) is 218 cm³/mol. The average molecular weight is 771 g/mol. The molecule has 11 atom stereocenters. The zero-order valence-corrected chi connectivity index (χ0v) is 36.1. The van der Waals surface area contributed by atoms with Crippen molar-refractivity contribution in [3.8, 4) is 0 Å². The standard InChI is InChI=1S/C45H74N2O6S/c1-29(2)31-14-21-45(26-36(48)47-24-17-30(18-25-47)46-54(10,11)52)23-22-43(8)32(39(31)45)12-13-34-42(7)19-16-35(41(5,6)33(42)15-20-44(34,43)9)53-38(51)28-40(3,4)27-37(49)50/h30-35,39H,1,10,12-28H2,2-9,11H3,(H,46,52)(H,49,50)/t31-,32+,33-,34+,35-,39+,42-,43+,44+,45+,54?/m0/s1. The molecule has 1 amide bonds. The molecule has 6 rings (SSSR count). The van der Waals surface area contributed by atoms with Gasteiger partial charge in [0.25, 0.3) is 0 Å². The molecule has 0 aromatic rings. The molecule has 0 spiro atoms. The number of carboxylic acid groups (broad SMARTS) is 1. The summed E-state index contributed by atoms with van der Waals surface area (Å²) < 4.78 is 21.8. The Kier molecular flexibility index (Phi) is 11.0. The lowest BCUT2D eigenvalue weighted by atomic mass is 9.32. The van der Waals surface area contributed by atoms with Crippen LogP contribution < -0.4 is 4.72 Å². The third kappa shape index (κ3) is 7.26. The van der Waals surface area contributed by atoms with Crippen molar-refractivity contribution in [3.63, 3.8) is 0 Å². The van der Waals surface area contributed by atoms with Gasteiger partial charge in [-0.3, -0.25) is 18.6 Å². The highest BCUT2D eigenvalue weighted by atomic mass is 32.2. The number of hydrogen-bond acceptors (Lipinski definition) is 5. The molecule has 5 aliphatic carbocycles. The summed E-state index contributed by atoms with van der Waals surface area (Å²) in [5, 5.41) is 9.36. The fraction of sp³-hybridized carbons (Fsp3) is 0.867. The number of esters is 1. The zero-order valence-electron chi connectivity index (χ0n) is 35.3. The fourth-order valence-corrected chi connectivity index (χ4v) is 15.8. The van der Waals surface area contributed by atoms with E-state index in [-0.39, 0.29) is 58.0 Å². The Morgan fingerprint density at radius 3 is 2.15 bits per heavy atom. The van der Waals surface area contributed by atoms with Crippen molar-refractivity contribution in [1.82, 2.24) is 9.62 Å². The Labute approximate surface area is 327 Å². The summed E-state index contributed by atoms with van der Waals surface area (Å²) in [5.74, 6) is 5.46. The third-order valence-corrected chi connectivity index (χ3v) is 18.3. The van der Waals surface area contributed by atoms with Gasteiger partial charge in [-0.2, -0.15) is 0 Å². The molecule has 9 heteroatoms. The number of nitrogens with zero attached hydrogens (tertiary/aromatic N) is 1. The van der Waals surface area contributed by atoms with Gasteiger partial charge in [-0.25, -0.2) is 4.72 Å². The van der Waals surface area contributed by atoms with Gasteiger partial charge in [0, 0.05) is 46.9 Å². The molecule has 0 aromatic heterocycles. The summed E-state index contributed by atoms with van der Waals surface area (Å²) in [5.41, 5.74) is 1.00. The van der Waals surface area contributed by atoms with E-state index in [1.54, 1.807) is 6.26 Å².